The minimum atomic E-state index is 0.421. The molecule has 0 saturated carbocycles. The first-order valence-electron chi connectivity index (χ1n) is 5.81. The van der Waals surface area contributed by atoms with Gasteiger partial charge in [-0.3, -0.25) is 0 Å². The molecule has 0 radical (unpaired) electrons. The second-order valence-electron chi connectivity index (χ2n) is 4.42. The SMILES string of the molecule is CC(NC1CCOC1)C1CCCCO1. The number of ether oxygens (including phenoxy) is 2. The summed E-state index contributed by atoms with van der Waals surface area (Å²) in [4.78, 5) is 0. The largest absolute Gasteiger partial charge is 0.380 e. The smallest absolute Gasteiger partial charge is 0.0725 e. The van der Waals surface area contributed by atoms with Gasteiger partial charge in [0.2, 0.25) is 0 Å². The first-order valence-corrected chi connectivity index (χ1v) is 5.81. The summed E-state index contributed by atoms with van der Waals surface area (Å²) < 4.78 is 11.1. The van der Waals surface area contributed by atoms with Crippen molar-refractivity contribution in [3.05, 3.63) is 0 Å². The third kappa shape index (κ3) is 2.69. The maximum atomic E-state index is 5.75. The summed E-state index contributed by atoms with van der Waals surface area (Å²) in [6.45, 7) is 4.96. The summed E-state index contributed by atoms with van der Waals surface area (Å²) in [5, 5.41) is 3.60. The standard InChI is InChI=1S/C11H21NO2/c1-9(11-4-2-3-6-14-11)12-10-5-7-13-8-10/h9-12H,2-8H2,1H3. The summed E-state index contributed by atoms with van der Waals surface area (Å²) >= 11 is 0. The van der Waals surface area contributed by atoms with Crippen LogP contribution >= 0.6 is 0 Å². The lowest BCUT2D eigenvalue weighted by atomic mass is 10.0. The van der Waals surface area contributed by atoms with Crippen molar-refractivity contribution >= 4 is 0 Å². The van der Waals surface area contributed by atoms with Crippen molar-refractivity contribution < 1.29 is 9.47 Å². The highest BCUT2D eigenvalue weighted by Crippen LogP contribution is 2.17. The summed E-state index contributed by atoms with van der Waals surface area (Å²) in [7, 11) is 0. The molecule has 2 heterocycles. The first-order chi connectivity index (χ1) is 6.86. The van der Waals surface area contributed by atoms with Crippen LogP contribution in [0.3, 0.4) is 0 Å². The van der Waals surface area contributed by atoms with E-state index in [1.54, 1.807) is 0 Å². The molecular weight excluding hydrogens is 178 g/mol. The van der Waals surface area contributed by atoms with Crippen LogP contribution in [0.5, 0.6) is 0 Å². The van der Waals surface area contributed by atoms with Gasteiger partial charge in [-0.25, -0.2) is 0 Å². The molecule has 1 N–H and O–H groups in total. The predicted octanol–water partition coefficient (Wildman–Crippen LogP) is 1.32. The van der Waals surface area contributed by atoms with E-state index in [2.05, 4.69) is 12.2 Å². The van der Waals surface area contributed by atoms with Gasteiger partial charge < -0.3 is 14.8 Å². The fourth-order valence-electron chi connectivity index (χ4n) is 2.31. The average molecular weight is 199 g/mol. The summed E-state index contributed by atoms with van der Waals surface area (Å²) in [6.07, 6.45) is 5.33. The Morgan fingerprint density at radius 3 is 2.79 bits per heavy atom. The number of nitrogens with one attached hydrogen (secondary N) is 1. The van der Waals surface area contributed by atoms with Crippen LogP contribution in [-0.2, 0) is 9.47 Å². The quantitative estimate of drug-likeness (QED) is 0.743. The normalized spacial score (nSPS) is 35.8. The van der Waals surface area contributed by atoms with Crippen molar-refractivity contribution in [2.45, 2.75) is 50.8 Å². The maximum absolute atomic E-state index is 5.75. The van der Waals surface area contributed by atoms with Crippen molar-refractivity contribution in [2.24, 2.45) is 0 Å². The Hall–Kier alpha value is -0.120. The van der Waals surface area contributed by atoms with Gasteiger partial charge in [0.05, 0.1) is 12.7 Å². The molecule has 14 heavy (non-hydrogen) atoms. The zero-order valence-electron chi connectivity index (χ0n) is 9.00. The van der Waals surface area contributed by atoms with E-state index in [4.69, 9.17) is 9.47 Å². The molecule has 0 aliphatic carbocycles. The molecular formula is C11H21NO2. The van der Waals surface area contributed by atoms with Crippen LogP contribution in [-0.4, -0.2) is 38.0 Å². The van der Waals surface area contributed by atoms with Gasteiger partial charge in [0.25, 0.3) is 0 Å². The van der Waals surface area contributed by atoms with Gasteiger partial charge in [0.15, 0.2) is 0 Å². The Morgan fingerprint density at radius 2 is 2.14 bits per heavy atom. The highest BCUT2D eigenvalue weighted by Gasteiger charge is 2.24. The zero-order chi connectivity index (χ0) is 9.80. The Labute approximate surface area is 86.2 Å². The molecule has 2 fully saturated rings. The lowest BCUT2D eigenvalue weighted by molar-refractivity contribution is -0.00618. The van der Waals surface area contributed by atoms with Crippen molar-refractivity contribution in [1.29, 1.82) is 0 Å². The molecule has 3 heteroatoms. The number of hydrogen-bond donors (Lipinski definition) is 1. The molecule has 2 rings (SSSR count). The number of hydrogen-bond acceptors (Lipinski definition) is 3. The average Bonchev–Trinajstić information content (AvgIpc) is 2.72. The first kappa shape index (κ1) is 10.4. The molecule has 2 saturated heterocycles. The van der Waals surface area contributed by atoms with E-state index in [1.165, 1.54) is 19.3 Å². The summed E-state index contributed by atoms with van der Waals surface area (Å²) in [6, 6.07) is 1.03. The van der Waals surface area contributed by atoms with Crippen LogP contribution in [0.25, 0.3) is 0 Å². The van der Waals surface area contributed by atoms with E-state index < -0.39 is 0 Å². The van der Waals surface area contributed by atoms with E-state index in [0.29, 0.717) is 18.2 Å². The highest BCUT2D eigenvalue weighted by molar-refractivity contribution is 4.81. The van der Waals surface area contributed by atoms with Crippen LogP contribution in [0.2, 0.25) is 0 Å². The molecule has 0 aromatic carbocycles. The molecule has 2 aliphatic rings. The Kier molecular flexibility index (Phi) is 3.79. The molecule has 0 aromatic heterocycles. The Balaban J connectivity index is 1.72. The van der Waals surface area contributed by atoms with E-state index in [1.807, 2.05) is 0 Å². The minimum Gasteiger partial charge on any atom is -0.380 e. The van der Waals surface area contributed by atoms with Crippen LogP contribution in [0.4, 0.5) is 0 Å². The fourth-order valence-corrected chi connectivity index (χ4v) is 2.31. The molecule has 0 bridgehead atoms. The number of rotatable bonds is 3. The molecule has 0 amide bonds. The van der Waals surface area contributed by atoms with Gasteiger partial charge in [0.1, 0.15) is 0 Å². The molecule has 0 spiro atoms. The summed E-state index contributed by atoms with van der Waals surface area (Å²) in [5.74, 6) is 0. The second kappa shape index (κ2) is 5.10. The van der Waals surface area contributed by atoms with E-state index in [9.17, 15) is 0 Å². The maximum Gasteiger partial charge on any atom is 0.0725 e. The molecule has 3 nitrogen and oxygen atoms in total. The van der Waals surface area contributed by atoms with Gasteiger partial charge >= 0.3 is 0 Å². The fraction of sp³-hybridized carbons (Fsp3) is 1.00. The van der Waals surface area contributed by atoms with Crippen LogP contribution in [0, 0.1) is 0 Å². The van der Waals surface area contributed by atoms with E-state index >= 15 is 0 Å². The van der Waals surface area contributed by atoms with Gasteiger partial charge in [-0.15, -0.1) is 0 Å². The topological polar surface area (TPSA) is 30.5 Å². The van der Waals surface area contributed by atoms with Crippen molar-refractivity contribution in [2.75, 3.05) is 19.8 Å². The molecule has 3 unspecified atom stereocenters. The second-order valence-corrected chi connectivity index (χ2v) is 4.42. The van der Waals surface area contributed by atoms with Gasteiger partial charge in [-0.2, -0.15) is 0 Å². The molecule has 82 valence electrons. The Morgan fingerprint density at radius 1 is 1.21 bits per heavy atom. The van der Waals surface area contributed by atoms with Gasteiger partial charge in [-0.1, -0.05) is 0 Å². The van der Waals surface area contributed by atoms with Gasteiger partial charge in [0, 0.05) is 25.3 Å². The lowest BCUT2D eigenvalue weighted by Gasteiger charge is -2.30. The minimum absolute atomic E-state index is 0.421. The molecule has 2 aliphatic heterocycles. The zero-order valence-corrected chi connectivity index (χ0v) is 9.00. The van der Waals surface area contributed by atoms with Crippen molar-refractivity contribution in [3.63, 3.8) is 0 Å². The predicted molar refractivity (Wildman–Crippen MR) is 55.4 cm³/mol. The molecule has 3 atom stereocenters. The van der Waals surface area contributed by atoms with Gasteiger partial charge in [-0.05, 0) is 32.6 Å². The van der Waals surface area contributed by atoms with Crippen LogP contribution in [0.15, 0.2) is 0 Å². The van der Waals surface area contributed by atoms with Crippen LogP contribution < -0.4 is 5.32 Å². The van der Waals surface area contributed by atoms with Crippen LogP contribution in [0.1, 0.15) is 32.6 Å². The Bertz CT molecular complexity index is 163. The van der Waals surface area contributed by atoms with E-state index in [0.717, 1.165) is 26.2 Å². The highest BCUT2D eigenvalue weighted by atomic mass is 16.5. The third-order valence-corrected chi connectivity index (χ3v) is 3.20. The summed E-state index contributed by atoms with van der Waals surface area (Å²) in [5.41, 5.74) is 0. The lowest BCUT2D eigenvalue weighted by Crippen LogP contribution is -2.45. The third-order valence-electron chi connectivity index (χ3n) is 3.20. The van der Waals surface area contributed by atoms with E-state index in [-0.39, 0.29) is 0 Å². The monoisotopic (exact) mass is 199 g/mol. The molecule has 0 aromatic rings. The van der Waals surface area contributed by atoms with Crippen molar-refractivity contribution in [3.8, 4) is 0 Å². The van der Waals surface area contributed by atoms with Crippen molar-refractivity contribution in [1.82, 2.24) is 5.32 Å².